The Hall–Kier alpha value is -0.340. The summed E-state index contributed by atoms with van der Waals surface area (Å²) in [6.45, 7) is 7.04. The number of aryl methyl sites for hydroxylation is 1. The van der Waals surface area contributed by atoms with E-state index in [1.165, 1.54) is 18.7 Å². The highest BCUT2D eigenvalue weighted by molar-refractivity contribution is 7.10. The molecule has 0 aliphatic carbocycles. The molecule has 72 valence electrons. The van der Waals surface area contributed by atoms with Crippen molar-refractivity contribution in [2.75, 3.05) is 20.1 Å². The molecular weight excluding hydrogens is 178 g/mol. The summed E-state index contributed by atoms with van der Waals surface area (Å²) in [6, 6.07) is 2.35. The molecule has 1 fully saturated rings. The lowest BCUT2D eigenvalue weighted by molar-refractivity contribution is 0.401. The number of rotatable bonds is 1. The summed E-state index contributed by atoms with van der Waals surface area (Å²) >= 11 is 1.93. The molecule has 2 unspecified atom stereocenters. The van der Waals surface area contributed by atoms with E-state index in [1.807, 2.05) is 11.3 Å². The number of nitrogens with zero attached hydrogens (tertiary/aromatic N) is 1. The first kappa shape index (κ1) is 9.22. The van der Waals surface area contributed by atoms with Gasteiger partial charge in [0.2, 0.25) is 0 Å². The van der Waals surface area contributed by atoms with Gasteiger partial charge in [-0.05, 0) is 36.9 Å². The minimum absolute atomic E-state index is 0.781. The molecule has 0 spiro atoms. The van der Waals surface area contributed by atoms with E-state index < -0.39 is 0 Å². The summed E-state index contributed by atoms with van der Waals surface area (Å²) in [5.41, 5.74) is 1.42. The van der Waals surface area contributed by atoms with Crippen molar-refractivity contribution in [1.29, 1.82) is 0 Å². The van der Waals surface area contributed by atoms with E-state index in [1.54, 1.807) is 4.88 Å². The lowest BCUT2D eigenvalue weighted by Gasteiger charge is -2.11. The molecule has 2 heteroatoms. The van der Waals surface area contributed by atoms with Crippen molar-refractivity contribution < 1.29 is 0 Å². The van der Waals surface area contributed by atoms with Gasteiger partial charge in [-0.3, -0.25) is 0 Å². The number of thiophene rings is 1. The fraction of sp³-hybridized carbons (Fsp3) is 0.636. The SMILES string of the molecule is Cc1csc(C2CN(C)CC2C)c1. The summed E-state index contributed by atoms with van der Waals surface area (Å²) in [7, 11) is 2.22. The summed E-state index contributed by atoms with van der Waals surface area (Å²) in [4.78, 5) is 4.01. The van der Waals surface area contributed by atoms with Crippen LogP contribution in [0.15, 0.2) is 11.4 Å². The van der Waals surface area contributed by atoms with E-state index in [0.717, 1.165) is 11.8 Å². The van der Waals surface area contributed by atoms with Crippen molar-refractivity contribution >= 4 is 11.3 Å². The maximum atomic E-state index is 2.43. The number of hydrogen-bond donors (Lipinski definition) is 0. The van der Waals surface area contributed by atoms with Crippen LogP contribution < -0.4 is 0 Å². The predicted octanol–water partition coefficient (Wildman–Crippen LogP) is 2.72. The lowest BCUT2D eigenvalue weighted by atomic mass is 9.96. The number of likely N-dealkylation sites (tertiary alicyclic amines) is 1. The van der Waals surface area contributed by atoms with E-state index in [-0.39, 0.29) is 0 Å². The van der Waals surface area contributed by atoms with Gasteiger partial charge in [-0.25, -0.2) is 0 Å². The largest absolute Gasteiger partial charge is 0.305 e. The highest BCUT2D eigenvalue weighted by atomic mass is 32.1. The van der Waals surface area contributed by atoms with Crippen LogP contribution >= 0.6 is 11.3 Å². The first-order chi connectivity index (χ1) is 6.16. The van der Waals surface area contributed by atoms with Crippen molar-refractivity contribution in [1.82, 2.24) is 4.90 Å². The van der Waals surface area contributed by atoms with E-state index in [2.05, 4.69) is 37.2 Å². The van der Waals surface area contributed by atoms with Crippen LogP contribution in [-0.2, 0) is 0 Å². The molecular formula is C11H17NS. The lowest BCUT2D eigenvalue weighted by Crippen LogP contribution is -2.13. The molecule has 1 aromatic heterocycles. The predicted molar refractivity (Wildman–Crippen MR) is 58.5 cm³/mol. The minimum atomic E-state index is 0.781. The van der Waals surface area contributed by atoms with Gasteiger partial charge < -0.3 is 4.90 Å². The third-order valence-corrected chi connectivity index (χ3v) is 4.09. The highest BCUT2D eigenvalue weighted by Crippen LogP contribution is 2.34. The van der Waals surface area contributed by atoms with Crippen LogP contribution in [0.2, 0.25) is 0 Å². The minimum Gasteiger partial charge on any atom is -0.305 e. The highest BCUT2D eigenvalue weighted by Gasteiger charge is 2.29. The fourth-order valence-corrected chi connectivity index (χ4v) is 3.35. The topological polar surface area (TPSA) is 3.24 Å². The average molecular weight is 195 g/mol. The van der Waals surface area contributed by atoms with Crippen LogP contribution in [0.1, 0.15) is 23.3 Å². The smallest absolute Gasteiger partial charge is 0.00980 e. The van der Waals surface area contributed by atoms with Crippen molar-refractivity contribution in [2.45, 2.75) is 19.8 Å². The van der Waals surface area contributed by atoms with Crippen molar-refractivity contribution in [3.8, 4) is 0 Å². The Kier molecular flexibility index (Phi) is 2.43. The standard InChI is InChI=1S/C11H17NS/c1-8-4-11(13-7-8)10-6-12(3)5-9(10)2/h4,7,9-10H,5-6H2,1-3H3. The van der Waals surface area contributed by atoms with Crippen LogP contribution in [0.25, 0.3) is 0 Å². The second-order valence-corrected chi connectivity index (χ2v) is 5.27. The molecule has 13 heavy (non-hydrogen) atoms. The van der Waals surface area contributed by atoms with Gasteiger partial charge in [0, 0.05) is 23.9 Å². The Labute approximate surface area is 84.4 Å². The zero-order valence-corrected chi connectivity index (χ0v) is 9.40. The maximum absolute atomic E-state index is 2.43. The van der Waals surface area contributed by atoms with Crippen LogP contribution in [0, 0.1) is 12.8 Å². The quantitative estimate of drug-likeness (QED) is 0.666. The first-order valence-corrected chi connectivity index (χ1v) is 5.78. The third kappa shape index (κ3) is 1.79. The Morgan fingerprint density at radius 2 is 2.23 bits per heavy atom. The molecule has 1 nitrogen and oxygen atoms in total. The molecule has 1 aliphatic heterocycles. The molecule has 0 N–H and O–H groups in total. The molecule has 0 aromatic carbocycles. The van der Waals surface area contributed by atoms with Gasteiger partial charge in [0.05, 0.1) is 0 Å². The van der Waals surface area contributed by atoms with Crippen molar-refractivity contribution in [3.63, 3.8) is 0 Å². The van der Waals surface area contributed by atoms with E-state index >= 15 is 0 Å². The number of hydrogen-bond acceptors (Lipinski definition) is 2. The Morgan fingerprint density at radius 3 is 2.69 bits per heavy atom. The molecule has 0 bridgehead atoms. The molecule has 0 radical (unpaired) electrons. The average Bonchev–Trinajstić information content (AvgIpc) is 2.58. The monoisotopic (exact) mass is 195 g/mol. The summed E-state index contributed by atoms with van der Waals surface area (Å²) < 4.78 is 0. The van der Waals surface area contributed by atoms with Gasteiger partial charge >= 0.3 is 0 Å². The van der Waals surface area contributed by atoms with Crippen LogP contribution in [-0.4, -0.2) is 25.0 Å². The Bertz CT molecular complexity index is 292. The Morgan fingerprint density at radius 1 is 1.46 bits per heavy atom. The van der Waals surface area contributed by atoms with Gasteiger partial charge in [0.15, 0.2) is 0 Å². The summed E-state index contributed by atoms with van der Waals surface area (Å²) in [5.74, 6) is 1.60. The summed E-state index contributed by atoms with van der Waals surface area (Å²) in [5, 5.41) is 2.26. The van der Waals surface area contributed by atoms with Gasteiger partial charge in [0.25, 0.3) is 0 Å². The third-order valence-electron chi connectivity index (χ3n) is 2.91. The second kappa shape index (κ2) is 3.43. The van der Waals surface area contributed by atoms with Gasteiger partial charge in [-0.15, -0.1) is 11.3 Å². The van der Waals surface area contributed by atoms with Gasteiger partial charge in [0.1, 0.15) is 0 Å². The van der Waals surface area contributed by atoms with E-state index in [9.17, 15) is 0 Å². The zero-order valence-electron chi connectivity index (χ0n) is 8.58. The second-order valence-electron chi connectivity index (χ2n) is 4.33. The molecule has 2 rings (SSSR count). The van der Waals surface area contributed by atoms with Crippen LogP contribution in [0.3, 0.4) is 0 Å². The fourth-order valence-electron chi connectivity index (χ4n) is 2.23. The molecule has 0 amide bonds. The van der Waals surface area contributed by atoms with E-state index in [4.69, 9.17) is 0 Å². The van der Waals surface area contributed by atoms with Crippen LogP contribution in [0.4, 0.5) is 0 Å². The maximum Gasteiger partial charge on any atom is 0.00980 e. The van der Waals surface area contributed by atoms with E-state index in [0.29, 0.717) is 0 Å². The molecule has 0 saturated carbocycles. The van der Waals surface area contributed by atoms with Crippen LogP contribution in [0.5, 0.6) is 0 Å². The van der Waals surface area contributed by atoms with Crippen molar-refractivity contribution in [3.05, 3.63) is 21.9 Å². The first-order valence-electron chi connectivity index (χ1n) is 4.90. The Balaban J connectivity index is 2.17. The normalized spacial score (nSPS) is 29.8. The molecule has 1 aromatic rings. The molecule has 1 aliphatic rings. The zero-order chi connectivity index (χ0) is 9.42. The molecule has 2 heterocycles. The van der Waals surface area contributed by atoms with Crippen molar-refractivity contribution in [2.24, 2.45) is 5.92 Å². The molecule has 1 saturated heterocycles. The molecule has 2 atom stereocenters. The van der Waals surface area contributed by atoms with Gasteiger partial charge in [-0.2, -0.15) is 0 Å². The number of likely N-dealkylation sites (N-methyl/N-ethyl adjacent to an activating group) is 1. The summed E-state index contributed by atoms with van der Waals surface area (Å²) in [6.07, 6.45) is 0. The van der Waals surface area contributed by atoms with Gasteiger partial charge in [-0.1, -0.05) is 6.92 Å².